The monoisotopic (exact) mass is 399 g/mol. The third-order valence-electron chi connectivity index (χ3n) is 4.49. The summed E-state index contributed by atoms with van der Waals surface area (Å²) in [6.07, 6.45) is 0. The summed E-state index contributed by atoms with van der Waals surface area (Å²) in [5.74, 6) is 0.951. The first-order valence-corrected chi connectivity index (χ1v) is 9.17. The molecule has 0 spiro atoms. The van der Waals surface area contributed by atoms with Crippen molar-refractivity contribution in [3.05, 3.63) is 70.5 Å². The van der Waals surface area contributed by atoms with Crippen LogP contribution in [0.1, 0.15) is 34.6 Å². The van der Waals surface area contributed by atoms with Gasteiger partial charge in [-0.2, -0.15) is 5.10 Å². The fraction of sp³-hybridized carbons (Fsp3) is 0.238. The minimum absolute atomic E-state index is 0.261. The summed E-state index contributed by atoms with van der Waals surface area (Å²) in [6, 6.07) is 14.7. The van der Waals surface area contributed by atoms with E-state index in [1.165, 1.54) is 0 Å². The van der Waals surface area contributed by atoms with Crippen LogP contribution in [0.5, 0.6) is 11.5 Å². The average Bonchev–Trinajstić information content (AvgIpc) is 3.02. The van der Waals surface area contributed by atoms with Crippen molar-refractivity contribution in [2.45, 2.75) is 19.9 Å². The first kappa shape index (κ1) is 19.8. The van der Waals surface area contributed by atoms with Crippen molar-refractivity contribution >= 4 is 17.5 Å². The van der Waals surface area contributed by atoms with E-state index in [0.29, 0.717) is 22.8 Å². The van der Waals surface area contributed by atoms with Crippen molar-refractivity contribution in [2.75, 3.05) is 14.2 Å². The Balaban J connectivity index is 1.84. The molecule has 0 saturated carbocycles. The predicted octanol–water partition coefficient (Wildman–Crippen LogP) is 4.34. The van der Waals surface area contributed by atoms with Gasteiger partial charge in [0.1, 0.15) is 5.15 Å². The van der Waals surface area contributed by atoms with Crippen molar-refractivity contribution in [1.29, 1.82) is 0 Å². The molecule has 1 atom stereocenters. The molecule has 1 amide bonds. The van der Waals surface area contributed by atoms with Gasteiger partial charge in [-0.25, -0.2) is 4.68 Å². The molecule has 2 aromatic carbocycles. The number of ether oxygens (including phenoxy) is 2. The van der Waals surface area contributed by atoms with Crippen LogP contribution in [-0.2, 0) is 0 Å². The molecule has 0 aliphatic carbocycles. The standard InChI is InChI=1S/C21H22ClN3O3/c1-13(15-10-11-17(27-3)18(12-15)28-4)23-21(26)19-14(2)24-25(20(19)22)16-8-6-5-7-9-16/h5-13H,1-4H3,(H,23,26). The van der Waals surface area contributed by atoms with Crippen molar-refractivity contribution in [2.24, 2.45) is 0 Å². The Bertz CT molecular complexity index is 986. The van der Waals surface area contributed by atoms with Crippen LogP contribution < -0.4 is 14.8 Å². The van der Waals surface area contributed by atoms with Crippen LogP contribution in [0.3, 0.4) is 0 Å². The van der Waals surface area contributed by atoms with E-state index in [9.17, 15) is 4.79 Å². The third kappa shape index (κ3) is 3.82. The molecule has 0 aliphatic rings. The zero-order chi connectivity index (χ0) is 20.3. The van der Waals surface area contributed by atoms with Crippen molar-refractivity contribution < 1.29 is 14.3 Å². The number of benzene rings is 2. The molecular weight excluding hydrogens is 378 g/mol. The molecule has 6 nitrogen and oxygen atoms in total. The molecule has 0 bridgehead atoms. The Labute approximate surface area is 169 Å². The number of carbonyl (C=O) groups excluding carboxylic acids is 1. The largest absolute Gasteiger partial charge is 0.493 e. The second-order valence-corrected chi connectivity index (χ2v) is 6.67. The molecule has 7 heteroatoms. The summed E-state index contributed by atoms with van der Waals surface area (Å²) in [6.45, 7) is 3.66. The van der Waals surface area contributed by atoms with Gasteiger partial charge < -0.3 is 14.8 Å². The molecule has 146 valence electrons. The number of carbonyl (C=O) groups is 1. The number of nitrogens with one attached hydrogen (secondary N) is 1. The fourth-order valence-corrected chi connectivity index (χ4v) is 3.33. The average molecular weight is 400 g/mol. The van der Waals surface area contributed by atoms with E-state index in [1.807, 2.05) is 55.5 Å². The van der Waals surface area contributed by atoms with Gasteiger partial charge in [0.25, 0.3) is 5.91 Å². The lowest BCUT2D eigenvalue weighted by atomic mass is 10.1. The molecule has 1 aromatic heterocycles. The summed E-state index contributed by atoms with van der Waals surface area (Å²) >= 11 is 6.48. The lowest BCUT2D eigenvalue weighted by molar-refractivity contribution is 0.0939. The summed E-state index contributed by atoms with van der Waals surface area (Å²) in [4.78, 5) is 12.9. The first-order chi connectivity index (χ1) is 13.5. The van der Waals surface area contributed by atoms with Crippen LogP contribution >= 0.6 is 11.6 Å². The minimum atomic E-state index is -0.285. The SMILES string of the molecule is COc1ccc(C(C)NC(=O)c2c(C)nn(-c3ccccc3)c2Cl)cc1OC. The van der Waals surface area contributed by atoms with E-state index in [4.69, 9.17) is 21.1 Å². The maximum Gasteiger partial charge on any atom is 0.256 e. The number of halogens is 1. The van der Waals surface area contributed by atoms with Gasteiger partial charge >= 0.3 is 0 Å². The van der Waals surface area contributed by atoms with Gasteiger partial charge in [0.15, 0.2) is 11.5 Å². The Kier molecular flexibility index (Phi) is 5.90. The molecule has 0 fully saturated rings. The zero-order valence-electron chi connectivity index (χ0n) is 16.2. The van der Waals surface area contributed by atoms with Crippen LogP contribution in [0.15, 0.2) is 48.5 Å². The molecule has 1 N–H and O–H groups in total. The van der Waals surface area contributed by atoms with Gasteiger partial charge in [-0.1, -0.05) is 35.9 Å². The van der Waals surface area contributed by atoms with Crippen LogP contribution in [-0.4, -0.2) is 29.9 Å². The molecule has 0 aliphatic heterocycles. The van der Waals surface area contributed by atoms with E-state index >= 15 is 0 Å². The maximum atomic E-state index is 12.9. The zero-order valence-corrected chi connectivity index (χ0v) is 16.9. The number of rotatable bonds is 6. The molecule has 0 saturated heterocycles. The Morgan fingerprint density at radius 1 is 1.11 bits per heavy atom. The third-order valence-corrected chi connectivity index (χ3v) is 4.84. The van der Waals surface area contributed by atoms with Crippen molar-refractivity contribution in [3.8, 4) is 17.2 Å². The molecular formula is C21H22ClN3O3. The molecule has 3 rings (SSSR count). The van der Waals surface area contributed by atoms with Crippen LogP contribution in [0.25, 0.3) is 5.69 Å². The van der Waals surface area contributed by atoms with E-state index in [-0.39, 0.29) is 17.1 Å². The van der Waals surface area contributed by atoms with E-state index < -0.39 is 0 Å². The fourth-order valence-electron chi connectivity index (χ4n) is 2.97. The molecule has 1 unspecified atom stereocenters. The number of nitrogens with zero attached hydrogens (tertiary/aromatic N) is 2. The van der Waals surface area contributed by atoms with Gasteiger partial charge in [-0.15, -0.1) is 0 Å². The summed E-state index contributed by atoms with van der Waals surface area (Å²) in [7, 11) is 3.16. The van der Waals surface area contributed by atoms with Gasteiger partial charge in [-0.3, -0.25) is 4.79 Å². The maximum absolute atomic E-state index is 12.9. The Morgan fingerprint density at radius 3 is 2.43 bits per heavy atom. The second kappa shape index (κ2) is 8.35. The van der Waals surface area contributed by atoms with E-state index in [2.05, 4.69) is 10.4 Å². The minimum Gasteiger partial charge on any atom is -0.493 e. The second-order valence-electron chi connectivity index (χ2n) is 6.31. The molecule has 1 heterocycles. The van der Waals surface area contributed by atoms with Gasteiger partial charge in [-0.05, 0) is 43.7 Å². The summed E-state index contributed by atoms with van der Waals surface area (Å²) in [5, 5.41) is 7.67. The number of para-hydroxylation sites is 1. The van der Waals surface area contributed by atoms with E-state index in [0.717, 1.165) is 11.3 Å². The number of methoxy groups -OCH3 is 2. The number of aryl methyl sites for hydroxylation is 1. The van der Waals surface area contributed by atoms with Gasteiger partial charge in [0.05, 0.1) is 37.2 Å². The highest BCUT2D eigenvalue weighted by Crippen LogP contribution is 2.30. The van der Waals surface area contributed by atoms with Crippen molar-refractivity contribution in [1.82, 2.24) is 15.1 Å². The first-order valence-electron chi connectivity index (χ1n) is 8.79. The highest BCUT2D eigenvalue weighted by atomic mass is 35.5. The Hall–Kier alpha value is -2.99. The quantitative estimate of drug-likeness (QED) is 0.669. The van der Waals surface area contributed by atoms with E-state index in [1.54, 1.807) is 25.8 Å². The Morgan fingerprint density at radius 2 is 1.79 bits per heavy atom. The predicted molar refractivity (Wildman–Crippen MR) is 109 cm³/mol. The number of hydrogen-bond acceptors (Lipinski definition) is 4. The molecule has 28 heavy (non-hydrogen) atoms. The van der Waals surface area contributed by atoms with Crippen LogP contribution in [0, 0.1) is 6.92 Å². The highest BCUT2D eigenvalue weighted by molar-refractivity contribution is 6.33. The number of amides is 1. The molecule has 3 aromatic rings. The van der Waals surface area contributed by atoms with Crippen molar-refractivity contribution in [3.63, 3.8) is 0 Å². The number of hydrogen-bond donors (Lipinski definition) is 1. The smallest absolute Gasteiger partial charge is 0.256 e. The summed E-state index contributed by atoms with van der Waals surface area (Å²) < 4.78 is 12.2. The van der Waals surface area contributed by atoms with Crippen LogP contribution in [0.2, 0.25) is 5.15 Å². The number of aromatic nitrogens is 2. The lowest BCUT2D eigenvalue weighted by Gasteiger charge is -2.16. The van der Waals surface area contributed by atoms with Crippen LogP contribution in [0.4, 0.5) is 0 Å². The lowest BCUT2D eigenvalue weighted by Crippen LogP contribution is -2.27. The summed E-state index contributed by atoms with van der Waals surface area (Å²) in [5.41, 5.74) is 2.60. The topological polar surface area (TPSA) is 65.4 Å². The highest BCUT2D eigenvalue weighted by Gasteiger charge is 2.23. The molecule has 0 radical (unpaired) electrons. The normalized spacial score (nSPS) is 11.8. The van der Waals surface area contributed by atoms with Gasteiger partial charge in [0.2, 0.25) is 0 Å². The van der Waals surface area contributed by atoms with Gasteiger partial charge in [0, 0.05) is 0 Å².